The van der Waals surface area contributed by atoms with E-state index in [0.29, 0.717) is 17.9 Å². The van der Waals surface area contributed by atoms with Crippen LogP contribution in [0.3, 0.4) is 0 Å². The number of carbonyl (C=O) groups excluding carboxylic acids is 2. The molecular formula is C18H19NO3. The molecule has 0 atom stereocenters. The summed E-state index contributed by atoms with van der Waals surface area (Å²) < 4.78 is 5.38. The first-order valence-electron chi connectivity index (χ1n) is 7.19. The third kappa shape index (κ3) is 5.05. The molecule has 0 aromatic heterocycles. The third-order valence-electron chi connectivity index (χ3n) is 3.21. The first-order valence-corrected chi connectivity index (χ1v) is 7.19. The second kappa shape index (κ2) is 7.98. The fourth-order valence-electron chi connectivity index (χ4n) is 1.98. The molecule has 0 saturated carbocycles. The molecule has 1 amide bonds. The molecule has 0 aliphatic rings. The fourth-order valence-corrected chi connectivity index (χ4v) is 1.98. The number of rotatable bonds is 7. The molecule has 2 rings (SSSR count). The largest absolute Gasteiger partial charge is 0.484 e. The van der Waals surface area contributed by atoms with Gasteiger partial charge in [0.15, 0.2) is 12.4 Å². The van der Waals surface area contributed by atoms with Crippen LogP contribution in [0.2, 0.25) is 0 Å². The highest BCUT2D eigenvalue weighted by Gasteiger charge is 2.04. The fraction of sp³-hybridized carbons (Fsp3) is 0.222. The van der Waals surface area contributed by atoms with Gasteiger partial charge in [-0.3, -0.25) is 9.59 Å². The van der Waals surface area contributed by atoms with Crippen molar-refractivity contribution in [2.75, 3.05) is 13.2 Å². The van der Waals surface area contributed by atoms with Crippen LogP contribution in [0.1, 0.15) is 22.8 Å². The number of nitrogens with one attached hydrogen (secondary N) is 1. The van der Waals surface area contributed by atoms with Crippen LogP contribution in [0.4, 0.5) is 0 Å². The third-order valence-corrected chi connectivity index (χ3v) is 3.21. The molecule has 0 bridgehead atoms. The predicted octanol–water partition coefficient (Wildman–Crippen LogP) is 2.63. The van der Waals surface area contributed by atoms with Gasteiger partial charge in [0.1, 0.15) is 5.75 Å². The van der Waals surface area contributed by atoms with Gasteiger partial charge in [-0.1, -0.05) is 30.3 Å². The summed E-state index contributed by atoms with van der Waals surface area (Å²) in [6, 6.07) is 16.7. The molecular weight excluding hydrogens is 278 g/mol. The van der Waals surface area contributed by atoms with Gasteiger partial charge in [-0.15, -0.1) is 0 Å². The summed E-state index contributed by atoms with van der Waals surface area (Å²) in [6.07, 6.45) is 0.792. The maximum atomic E-state index is 11.7. The zero-order valence-electron chi connectivity index (χ0n) is 12.5. The van der Waals surface area contributed by atoms with E-state index < -0.39 is 0 Å². The van der Waals surface area contributed by atoms with Crippen LogP contribution in [0, 0.1) is 0 Å². The van der Waals surface area contributed by atoms with Crippen LogP contribution in [0.5, 0.6) is 5.75 Å². The van der Waals surface area contributed by atoms with Gasteiger partial charge < -0.3 is 10.1 Å². The van der Waals surface area contributed by atoms with Gasteiger partial charge in [0, 0.05) is 12.1 Å². The van der Waals surface area contributed by atoms with Gasteiger partial charge in [0.05, 0.1) is 0 Å². The molecule has 0 heterocycles. The quantitative estimate of drug-likeness (QED) is 0.799. The Hall–Kier alpha value is -2.62. The molecule has 0 aliphatic heterocycles. The number of carbonyl (C=O) groups is 2. The zero-order valence-corrected chi connectivity index (χ0v) is 12.5. The monoisotopic (exact) mass is 297 g/mol. The smallest absolute Gasteiger partial charge is 0.257 e. The first kappa shape index (κ1) is 15.8. The SMILES string of the molecule is CC(=O)c1ccc(OCC(=O)NCCc2ccccc2)cc1. The van der Waals surface area contributed by atoms with Crippen molar-refractivity contribution in [2.24, 2.45) is 0 Å². The van der Waals surface area contributed by atoms with Gasteiger partial charge >= 0.3 is 0 Å². The summed E-state index contributed by atoms with van der Waals surface area (Å²) >= 11 is 0. The number of Topliss-reactive ketones (excluding diaryl/α,β-unsaturated/α-hetero) is 1. The van der Waals surface area contributed by atoms with Crippen LogP contribution in [-0.2, 0) is 11.2 Å². The number of ether oxygens (including phenoxy) is 1. The molecule has 114 valence electrons. The Labute approximate surface area is 130 Å². The molecule has 0 unspecified atom stereocenters. The van der Waals surface area contributed by atoms with Crippen molar-refractivity contribution in [1.29, 1.82) is 0 Å². The standard InChI is InChI=1S/C18H19NO3/c1-14(20)16-7-9-17(10-8-16)22-13-18(21)19-12-11-15-5-3-2-4-6-15/h2-10H,11-13H2,1H3,(H,19,21). The highest BCUT2D eigenvalue weighted by Crippen LogP contribution is 2.12. The highest BCUT2D eigenvalue weighted by atomic mass is 16.5. The number of amides is 1. The topological polar surface area (TPSA) is 55.4 Å². The minimum atomic E-state index is -0.161. The highest BCUT2D eigenvalue weighted by molar-refractivity contribution is 5.94. The van der Waals surface area contributed by atoms with Gasteiger partial charge in [0.2, 0.25) is 0 Å². The van der Waals surface area contributed by atoms with Crippen molar-refractivity contribution in [1.82, 2.24) is 5.32 Å². The van der Waals surface area contributed by atoms with Crippen LogP contribution < -0.4 is 10.1 Å². The van der Waals surface area contributed by atoms with Gasteiger partial charge in [-0.2, -0.15) is 0 Å². The molecule has 22 heavy (non-hydrogen) atoms. The molecule has 0 spiro atoms. The van der Waals surface area contributed by atoms with Crippen molar-refractivity contribution in [3.63, 3.8) is 0 Å². The van der Waals surface area contributed by atoms with E-state index in [4.69, 9.17) is 4.74 Å². The Kier molecular flexibility index (Phi) is 5.72. The van der Waals surface area contributed by atoms with E-state index >= 15 is 0 Å². The predicted molar refractivity (Wildman–Crippen MR) is 85.1 cm³/mol. The first-order chi connectivity index (χ1) is 10.6. The summed E-state index contributed by atoms with van der Waals surface area (Å²) in [5.74, 6) is 0.417. The summed E-state index contributed by atoms with van der Waals surface area (Å²) in [7, 11) is 0. The van der Waals surface area contributed by atoms with Crippen molar-refractivity contribution < 1.29 is 14.3 Å². The van der Waals surface area contributed by atoms with E-state index in [1.54, 1.807) is 24.3 Å². The van der Waals surface area contributed by atoms with Gasteiger partial charge in [-0.25, -0.2) is 0 Å². The van der Waals surface area contributed by atoms with E-state index in [1.807, 2.05) is 30.3 Å². The van der Waals surface area contributed by atoms with Crippen molar-refractivity contribution in [2.45, 2.75) is 13.3 Å². The molecule has 0 saturated heterocycles. The lowest BCUT2D eigenvalue weighted by Crippen LogP contribution is -2.30. The van der Waals surface area contributed by atoms with Crippen LogP contribution in [-0.4, -0.2) is 24.8 Å². The number of hydrogen-bond acceptors (Lipinski definition) is 3. The summed E-state index contributed by atoms with van der Waals surface area (Å²) in [5.41, 5.74) is 1.81. The molecule has 1 N–H and O–H groups in total. The van der Waals surface area contributed by atoms with E-state index in [9.17, 15) is 9.59 Å². The second-order valence-corrected chi connectivity index (χ2v) is 4.95. The maximum absolute atomic E-state index is 11.7. The summed E-state index contributed by atoms with van der Waals surface area (Å²) in [5, 5.41) is 2.81. The van der Waals surface area contributed by atoms with Crippen LogP contribution in [0.15, 0.2) is 54.6 Å². The van der Waals surface area contributed by atoms with E-state index in [0.717, 1.165) is 6.42 Å². The van der Waals surface area contributed by atoms with Gasteiger partial charge in [-0.05, 0) is 43.2 Å². The molecule has 2 aromatic rings. The molecule has 2 aromatic carbocycles. The van der Waals surface area contributed by atoms with Crippen LogP contribution in [0.25, 0.3) is 0 Å². The minimum absolute atomic E-state index is 0.00482. The Bertz CT molecular complexity index is 621. The minimum Gasteiger partial charge on any atom is -0.484 e. The van der Waals surface area contributed by atoms with Gasteiger partial charge in [0.25, 0.3) is 5.91 Å². The molecule has 4 heteroatoms. The van der Waals surface area contributed by atoms with Crippen molar-refractivity contribution >= 4 is 11.7 Å². The lowest BCUT2D eigenvalue weighted by Gasteiger charge is -2.08. The van der Waals surface area contributed by atoms with Crippen molar-refractivity contribution in [3.8, 4) is 5.75 Å². The second-order valence-electron chi connectivity index (χ2n) is 4.95. The van der Waals surface area contributed by atoms with Crippen LogP contribution >= 0.6 is 0 Å². The number of hydrogen-bond donors (Lipinski definition) is 1. The normalized spacial score (nSPS) is 10.0. The Morgan fingerprint density at radius 2 is 1.68 bits per heavy atom. The Morgan fingerprint density at radius 1 is 1.00 bits per heavy atom. The van der Waals surface area contributed by atoms with Crippen molar-refractivity contribution in [3.05, 3.63) is 65.7 Å². The molecule has 0 fully saturated rings. The maximum Gasteiger partial charge on any atom is 0.257 e. The average molecular weight is 297 g/mol. The Morgan fingerprint density at radius 3 is 2.32 bits per heavy atom. The number of ketones is 1. The van der Waals surface area contributed by atoms with E-state index in [1.165, 1.54) is 12.5 Å². The lowest BCUT2D eigenvalue weighted by atomic mass is 10.1. The average Bonchev–Trinajstić information content (AvgIpc) is 2.54. The lowest BCUT2D eigenvalue weighted by molar-refractivity contribution is -0.123. The van der Waals surface area contributed by atoms with E-state index in [-0.39, 0.29) is 18.3 Å². The zero-order chi connectivity index (χ0) is 15.8. The molecule has 0 radical (unpaired) electrons. The number of benzene rings is 2. The molecule has 4 nitrogen and oxygen atoms in total. The summed E-state index contributed by atoms with van der Waals surface area (Å²) in [6.45, 7) is 2.06. The Balaban J connectivity index is 1.70. The summed E-state index contributed by atoms with van der Waals surface area (Å²) in [4.78, 5) is 22.8. The van der Waals surface area contributed by atoms with E-state index in [2.05, 4.69) is 5.32 Å². The molecule has 0 aliphatic carbocycles.